The Labute approximate surface area is 130 Å². The molecule has 1 aromatic heterocycles. The fourth-order valence-corrected chi connectivity index (χ4v) is 2.29. The van der Waals surface area contributed by atoms with Gasteiger partial charge in [-0.2, -0.15) is 5.10 Å². The number of aryl methyl sites for hydroxylation is 1. The van der Waals surface area contributed by atoms with Crippen molar-refractivity contribution in [3.05, 3.63) is 76.0 Å². The van der Waals surface area contributed by atoms with Gasteiger partial charge in [-0.1, -0.05) is 30.3 Å². The number of nitrogens with zero attached hydrogens (tertiary/aromatic N) is 2. The minimum Gasteiger partial charge on any atom is -0.456 e. The normalized spacial score (nSPS) is 10.7. The Morgan fingerprint density at radius 2 is 1.91 bits per heavy atom. The molecule has 0 aliphatic heterocycles. The Morgan fingerprint density at radius 3 is 2.65 bits per heavy atom. The SMILES string of the molecule is Cn1nc(C(=O)OCc2cccc(F)c2)c2ccccc2c1=O. The monoisotopic (exact) mass is 312 g/mol. The van der Waals surface area contributed by atoms with Crippen molar-refractivity contribution in [1.82, 2.24) is 9.78 Å². The first-order valence-electron chi connectivity index (χ1n) is 6.94. The van der Waals surface area contributed by atoms with Gasteiger partial charge in [0.15, 0.2) is 5.69 Å². The van der Waals surface area contributed by atoms with Crippen LogP contribution in [0.5, 0.6) is 0 Å². The molecule has 23 heavy (non-hydrogen) atoms. The second-order valence-corrected chi connectivity index (χ2v) is 5.03. The van der Waals surface area contributed by atoms with Crippen molar-refractivity contribution in [3.8, 4) is 0 Å². The minimum atomic E-state index is -0.666. The fourth-order valence-electron chi connectivity index (χ4n) is 2.29. The van der Waals surface area contributed by atoms with Crippen LogP contribution in [-0.2, 0) is 18.4 Å². The van der Waals surface area contributed by atoms with Gasteiger partial charge in [-0.3, -0.25) is 4.79 Å². The summed E-state index contributed by atoms with van der Waals surface area (Å²) in [6, 6.07) is 12.5. The molecule has 5 nitrogen and oxygen atoms in total. The lowest BCUT2D eigenvalue weighted by Crippen LogP contribution is -2.23. The summed E-state index contributed by atoms with van der Waals surface area (Å²) in [6.45, 7) is -0.0740. The Kier molecular flexibility index (Phi) is 3.89. The van der Waals surface area contributed by atoms with Crippen LogP contribution in [0.1, 0.15) is 16.1 Å². The van der Waals surface area contributed by atoms with E-state index in [4.69, 9.17) is 4.74 Å². The number of rotatable bonds is 3. The van der Waals surface area contributed by atoms with Gasteiger partial charge in [-0.15, -0.1) is 0 Å². The van der Waals surface area contributed by atoms with Crippen LogP contribution >= 0.6 is 0 Å². The van der Waals surface area contributed by atoms with Gasteiger partial charge < -0.3 is 4.74 Å². The van der Waals surface area contributed by atoms with E-state index in [9.17, 15) is 14.0 Å². The standard InChI is InChI=1S/C17H13FN2O3/c1-20-16(21)14-8-3-2-7-13(14)15(19-20)17(22)23-10-11-5-4-6-12(18)9-11/h2-9H,10H2,1H3. The van der Waals surface area contributed by atoms with Crippen molar-refractivity contribution < 1.29 is 13.9 Å². The second-order valence-electron chi connectivity index (χ2n) is 5.03. The molecule has 6 heteroatoms. The van der Waals surface area contributed by atoms with Crippen molar-refractivity contribution >= 4 is 16.7 Å². The van der Waals surface area contributed by atoms with Crippen LogP contribution in [0.15, 0.2) is 53.3 Å². The van der Waals surface area contributed by atoms with Gasteiger partial charge in [-0.05, 0) is 23.8 Å². The molecule has 0 fully saturated rings. The summed E-state index contributed by atoms with van der Waals surface area (Å²) in [5, 5.41) is 4.81. The van der Waals surface area contributed by atoms with E-state index >= 15 is 0 Å². The highest BCUT2D eigenvalue weighted by Crippen LogP contribution is 2.15. The molecule has 2 aromatic carbocycles. The second kappa shape index (κ2) is 6.00. The zero-order valence-electron chi connectivity index (χ0n) is 12.3. The molecule has 0 bridgehead atoms. The third-order valence-electron chi connectivity index (χ3n) is 3.41. The molecule has 0 aliphatic rings. The summed E-state index contributed by atoms with van der Waals surface area (Å²) >= 11 is 0. The Morgan fingerprint density at radius 1 is 1.17 bits per heavy atom. The maximum absolute atomic E-state index is 13.1. The highest BCUT2D eigenvalue weighted by molar-refractivity contribution is 6.02. The zero-order chi connectivity index (χ0) is 16.4. The summed E-state index contributed by atoms with van der Waals surface area (Å²) in [6.07, 6.45) is 0. The van der Waals surface area contributed by atoms with E-state index in [1.807, 2.05) is 0 Å². The molecule has 0 saturated carbocycles. The van der Waals surface area contributed by atoms with Crippen LogP contribution in [0.4, 0.5) is 4.39 Å². The van der Waals surface area contributed by atoms with Crippen molar-refractivity contribution in [2.24, 2.45) is 7.05 Å². The molecule has 0 N–H and O–H groups in total. The Bertz CT molecular complexity index is 950. The topological polar surface area (TPSA) is 61.2 Å². The number of carbonyl (C=O) groups is 1. The summed E-state index contributed by atoms with van der Waals surface area (Å²) in [5.74, 6) is -1.06. The molecule has 0 radical (unpaired) electrons. The van der Waals surface area contributed by atoms with Crippen molar-refractivity contribution in [1.29, 1.82) is 0 Å². The number of hydrogen-bond acceptors (Lipinski definition) is 4. The van der Waals surface area contributed by atoms with Crippen molar-refractivity contribution in [3.63, 3.8) is 0 Å². The van der Waals surface area contributed by atoms with Gasteiger partial charge in [0, 0.05) is 12.4 Å². The van der Waals surface area contributed by atoms with E-state index in [1.165, 1.54) is 19.2 Å². The highest BCUT2D eigenvalue weighted by atomic mass is 19.1. The molecule has 0 atom stereocenters. The number of fused-ring (bicyclic) bond motifs is 1. The quantitative estimate of drug-likeness (QED) is 0.697. The van der Waals surface area contributed by atoms with Crippen LogP contribution in [0, 0.1) is 5.82 Å². The average molecular weight is 312 g/mol. The fraction of sp³-hybridized carbons (Fsp3) is 0.118. The first-order chi connectivity index (χ1) is 11.1. The van der Waals surface area contributed by atoms with Crippen LogP contribution < -0.4 is 5.56 Å². The van der Waals surface area contributed by atoms with Gasteiger partial charge in [0.05, 0.1) is 5.39 Å². The molecular formula is C17H13FN2O3. The number of aromatic nitrogens is 2. The van der Waals surface area contributed by atoms with Gasteiger partial charge >= 0.3 is 5.97 Å². The predicted molar refractivity (Wildman–Crippen MR) is 82.5 cm³/mol. The number of halogens is 1. The van der Waals surface area contributed by atoms with E-state index in [-0.39, 0.29) is 17.9 Å². The van der Waals surface area contributed by atoms with Crippen LogP contribution in [0.25, 0.3) is 10.8 Å². The largest absolute Gasteiger partial charge is 0.456 e. The van der Waals surface area contributed by atoms with E-state index < -0.39 is 11.8 Å². The summed E-state index contributed by atoms with van der Waals surface area (Å²) in [7, 11) is 1.47. The highest BCUT2D eigenvalue weighted by Gasteiger charge is 2.17. The summed E-state index contributed by atoms with van der Waals surface area (Å²) in [5.41, 5.74) is 0.300. The third kappa shape index (κ3) is 2.96. The molecule has 0 aliphatic carbocycles. The maximum atomic E-state index is 13.1. The molecule has 3 rings (SSSR count). The Balaban J connectivity index is 1.92. The van der Waals surface area contributed by atoms with Gasteiger partial charge in [0.25, 0.3) is 5.56 Å². The maximum Gasteiger partial charge on any atom is 0.359 e. The average Bonchev–Trinajstić information content (AvgIpc) is 2.56. The molecule has 116 valence electrons. The predicted octanol–water partition coefficient (Wildman–Crippen LogP) is 2.43. The number of esters is 1. The van der Waals surface area contributed by atoms with E-state index in [1.54, 1.807) is 36.4 Å². The van der Waals surface area contributed by atoms with Crippen LogP contribution in [0.2, 0.25) is 0 Å². The summed E-state index contributed by atoms with van der Waals surface area (Å²) < 4.78 is 19.4. The number of benzene rings is 2. The molecule has 0 spiro atoms. The lowest BCUT2D eigenvalue weighted by molar-refractivity contribution is 0.0465. The molecule has 0 saturated heterocycles. The van der Waals surface area contributed by atoms with Gasteiger partial charge in [-0.25, -0.2) is 13.9 Å². The molecule has 0 unspecified atom stereocenters. The number of ether oxygens (including phenoxy) is 1. The number of hydrogen-bond donors (Lipinski definition) is 0. The summed E-state index contributed by atoms with van der Waals surface area (Å²) in [4.78, 5) is 24.3. The zero-order valence-corrected chi connectivity index (χ0v) is 12.3. The van der Waals surface area contributed by atoms with E-state index in [2.05, 4.69) is 5.10 Å². The van der Waals surface area contributed by atoms with Crippen molar-refractivity contribution in [2.75, 3.05) is 0 Å². The van der Waals surface area contributed by atoms with Crippen molar-refractivity contribution in [2.45, 2.75) is 6.61 Å². The van der Waals surface area contributed by atoms with E-state index in [0.717, 1.165) is 4.68 Å². The Hall–Kier alpha value is -3.02. The first-order valence-corrected chi connectivity index (χ1v) is 6.94. The van der Waals surface area contributed by atoms with E-state index in [0.29, 0.717) is 16.3 Å². The molecular weight excluding hydrogens is 299 g/mol. The lowest BCUT2D eigenvalue weighted by atomic mass is 10.1. The lowest BCUT2D eigenvalue weighted by Gasteiger charge is -2.08. The van der Waals surface area contributed by atoms with Crippen LogP contribution in [0.3, 0.4) is 0 Å². The van der Waals surface area contributed by atoms with Gasteiger partial charge in [0.1, 0.15) is 12.4 Å². The number of carbonyl (C=O) groups excluding carboxylic acids is 1. The van der Waals surface area contributed by atoms with Crippen LogP contribution in [-0.4, -0.2) is 15.7 Å². The third-order valence-corrected chi connectivity index (χ3v) is 3.41. The van der Waals surface area contributed by atoms with Gasteiger partial charge in [0.2, 0.25) is 0 Å². The first kappa shape index (κ1) is 14.9. The molecule has 0 amide bonds. The molecule has 1 heterocycles. The smallest absolute Gasteiger partial charge is 0.359 e. The minimum absolute atomic E-state index is 0.0547. The molecule has 3 aromatic rings.